The quantitative estimate of drug-likeness (QED) is 0.699. The maximum Gasteiger partial charge on any atom is 0.168 e. The second kappa shape index (κ2) is 5.42. The molecule has 0 aliphatic carbocycles. The molecule has 0 saturated heterocycles. The Balaban J connectivity index is 2.20. The number of carbonyl (C=O) groups is 1. The predicted molar refractivity (Wildman–Crippen MR) is 74.2 cm³/mol. The van der Waals surface area contributed by atoms with Gasteiger partial charge in [-0.1, -0.05) is 0 Å². The highest BCUT2D eigenvalue weighted by atomic mass is 79.9. The van der Waals surface area contributed by atoms with E-state index in [2.05, 4.69) is 31.9 Å². The second-order valence-corrected chi connectivity index (χ2v) is 6.13. The highest BCUT2D eigenvalue weighted by Crippen LogP contribution is 2.25. The van der Waals surface area contributed by atoms with Gasteiger partial charge in [-0.25, -0.2) is 4.39 Å². The van der Waals surface area contributed by atoms with Crippen molar-refractivity contribution in [1.29, 1.82) is 0 Å². The molecule has 1 aromatic heterocycles. The van der Waals surface area contributed by atoms with Crippen LogP contribution >= 0.6 is 43.2 Å². The number of halogens is 3. The lowest BCUT2D eigenvalue weighted by atomic mass is 10.1. The van der Waals surface area contributed by atoms with Crippen LogP contribution in [-0.2, 0) is 6.42 Å². The number of rotatable bonds is 3. The molecule has 0 amide bonds. The lowest BCUT2D eigenvalue weighted by molar-refractivity contribution is 0.0993. The van der Waals surface area contributed by atoms with Gasteiger partial charge in [0.25, 0.3) is 0 Å². The monoisotopic (exact) mass is 376 g/mol. The Labute approximate surface area is 119 Å². The number of Topliss-reactive ketones (excluding diaryl/α,β-unsaturated/α-hetero) is 1. The highest BCUT2D eigenvalue weighted by molar-refractivity contribution is 9.10. The Bertz CT molecular complexity index is 565. The van der Waals surface area contributed by atoms with Gasteiger partial charge in [-0.15, -0.1) is 11.3 Å². The molecule has 0 fully saturated rings. The molecule has 1 nitrogen and oxygen atoms in total. The van der Waals surface area contributed by atoms with E-state index in [4.69, 9.17) is 0 Å². The summed E-state index contributed by atoms with van der Waals surface area (Å²) in [6.07, 6.45) is 0.330. The zero-order chi connectivity index (χ0) is 12.4. The average molecular weight is 378 g/mol. The van der Waals surface area contributed by atoms with Crippen LogP contribution in [0.25, 0.3) is 0 Å². The summed E-state index contributed by atoms with van der Waals surface area (Å²) in [6.45, 7) is 0. The third-order valence-electron chi connectivity index (χ3n) is 2.25. The van der Waals surface area contributed by atoms with Crippen molar-refractivity contribution in [2.24, 2.45) is 0 Å². The minimum Gasteiger partial charge on any atom is -0.294 e. The molecule has 0 atom stereocenters. The van der Waals surface area contributed by atoms with E-state index in [1.165, 1.54) is 29.5 Å². The molecule has 0 saturated carbocycles. The van der Waals surface area contributed by atoms with Gasteiger partial charge >= 0.3 is 0 Å². The maximum absolute atomic E-state index is 13.0. The molecule has 0 spiro atoms. The van der Waals surface area contributed by atoms with Crippen LogP contribution in [0.3, 0.4) is 0 Å². The maximum atomic E-state index is 13.0. The Kier molecular flexibility index (Phi) is 4.12. The van der Waals surface area contributed by atoms with Gasteiger partial charge in [0.05, 0.1) is 4.47 Å². The lowest BCUT2D eigenvalue weighted by Crippen LogP contribution is -2.03. The van der Waals surface area contributed by atoms with E-state index in [0.29, 0.717) is 16.5 Å². The van der Waals surface area contributed by atoms with Crippen LogP contribution in [0.15, 0.2) is 38.6 Å². The molecular weight excluding hydrogens is 371 g/mol. The number of thiophene rings is 1. The third kappa shape index (κ3) is 3.03. The average Bonchev–Trinajstić information content (AvgIpc) is 2.68. The van der Waals surface area contributed by atoms with Crippen molar-refractivity contribution in [2.75, 3.05) is 0 Å². The zero-order valence-corrected chi connectivity index (χ0v) is 12.5. The van der Waals surface area contributed by atoms with Crippen molar-refractivity contribution in [2.45, 2.75) is 6.42 Å². The van der Waals surface area contributed by atoms with Crippen molar-refractivity contribution < 1.29 is 9.18 Å². The van der Waals surface area contributed by atoms with Crippen LogP contribution in [0.1, 0.15) is 15.2 Å². The molecule has 1 heterocycles. The van der Waals surface area contributed by atoms with Crippen molar-refractivity contribution in [3.05, 3.63) is 54.8 Å². The summed E-state index contributed by atoms with van der Waals surface area (Å²) in [4.78, 5) is 13.0. The van der Waals surface area contributed by atoms with E-state index in [-0.39, 0.29) is 11.6 Å². The highest BCUT2D eigenvalue weighted by Gasteiger charge is 2.12. The Hall–Kier alpha value is -0.520. The van der Waals surface area contributed by atoms with Gasteiger partial charge < -0.3 is 0 Å². The van der Waals surface area contributed by atoms with Gasteiger partial charge in [0, 0.05) is 21.3 Å². The summed E-state index contributed by atoms with van der Waals surface area (Å²) in [5.74, 6) is -0.382. The summed E-state index contributed by atoms with van der Waals surface area (Å²) >= 11 is 7.98. The van der Waals surface area contributed by atoms with E-state index in [1.54, 1.807) is 0 Å². The van der Waals surface area contributed by atoms with E-state index in [1.807, 2.05) is 11.4 Å². The fourth-order valence-corrected chi connectivity index (χ4v) is 3.24. The van der Waals surface area contributed by atoms with E-state index < -0.39 is 0 Å². The first kappa shape index (κ1) is 12.9. The summed E-state index contributed by atoms with van der Waals surface area (Å²) in [5, 5.41) is 1.92. The number of carbonyl (C=O) groups excluding carboxylic acids is 1. The summed E-state index contributed by atoms with van der Waals surface area (Å²) in [7, 11) is 0. The van der Waals surface area contributed by atoms with Gasteiger partial charge in [0.1, 0.15) is 5.82 Å². The standard InChI is InChI=1S/C12H7Br2FOS/c13-8-3-4-17-12(8)6-11(16)7-1-2-10(15)9(14)5-7/h1-5H,6H2. The minimum atomic E-state index is -0.362. The Morgan fingerprint density at radius 2 is 2.00 bits per heavy atom. The first-order chi connectivity index (χ1) is 8.08. The van der Waals surface area contributed by atoms with Crippen LogP contribution in [0.2, 0.25) is 0 Å². The van der Waals surface area contributed by atoms with Crippen LogP contribution in [0.4, 0.5) is 4.39 Å². The SMILES string of the molecule is O=C(Cc1sccc1Br)c1ccc(F)c(Br)c1. The topological polar surface area (TPSA) is 17.1 Å². The smallest absolute Gasteiger partial charge is 0.168 e. The molecular formula is C12H7Br2FOS. The van der Waals surface area contributed by atoms with Gasteiger partial charge in [-0.05, 0) is 61.5 Å². The van der Waals surface area contributed by atoms with Gasteiger partial charge in [0.15, 0.2) is 5.78 Å². The van der Waals surface area contributed by atoms with Crippen molar-refractivity contribution >= 4 is 49.0 Å². The fourth-order valence-electron chi connectivity index (χ4n) is 1.37. The summed E-state index contributed by atoms with van der Waals surface area (Å²) < 4.78 is 14.3. The van der Waals surface area contributed by atoms with Crippen molar-refractivity contribution in [3.8, 4) is 0 Å². The van der Waals surface area contributed by atoms with Crippen LogP contribution in [-0.4, -0.2) is 5.78 Å². The normalized spacial score (nSPS) is 10.5. The summed E-state index contributed by atoms with van der Waals surface area (Å²) in [6, 6.07) is 6.22. The fraction of sp³-hybridized carbons (Fsp3) is 0.0833. The molecule has 0 unspecified atom stereocenters. The molecule has 17 heavy (non-hydrogen) atoms. The first-order valence-corrected chi connectivity index (χ1v) is 7.24. The molecule has 2 aromatic rings. The van der Waals surface area contributed by atoms with Crippen molar-refractivity contribution in [3.63, 3.8) is 0 Å². The van der Waals surface area contributed by atoms with Crippen LogP contribution in [0, 0.1) is 5.82 Å². The molecule has 0 radical (unpaired) electrons. The summed E-state index contributed by atoms with van der Waals surface area (Å²) in [5.41, 5.74) is 0.513. The number of hydrogen-bond donors (Lipinski definition) is 0. The molecule has 0 aliphatic rings. The van der Waals surface area contributed by atoms with E-state index >= 15 is 0 Å². The molecule has 2 rings (SSSR count). The molecule has 0 aliphatic heterocycles. The van der Waals surface area contributed by atoms with E-state index in [0.717, 1.165) is 9.35 Å². The molecule has 1 aromatic carbocycles. The second-order valence-electron chi connectivity index (χ2n) is 3.42. The third-order valence-corrected chi connectivity index (χ3v) is 4.79. The molecule has 88 valence electrons. The Morgan fingerprint density at radius 3 is 2.59 bits per heavy atom. The van der Waals surface area contributed by atoms with Crippen LogP contribution in [0.5, 0.6) is 0 Å². The van der Waals surface area contributed by atoms with Crippen molar-refractivity contribution in [1.82, 2.24) is 0 Å². The number of hydrogen-bond acceptors (Lipinski definition) is 2. The first-order valence-electron chi connectivity index (χ1n) is 4.78. The number of ketones is 1. The number of benzene rings is 1. The van der Waals surface area contributed by atoms with Gasteiger partial charge in [-0.2, -0.15) is 0 Å². The van der Waals surface area contributed by atoms with Gasteiger partial charge in [-0.3, -0.25) is 4.79 Å². The molecule has 0 N–H and O–H groups in total. The molecule has 5 heteroatoms. The lowest BCUT2D eigenvalue weighted by Gasteiger charge is -2.01. The van der Waals surface area contributed by atoms with Gasteiger partial charge in [0.2, 0.25) is 0 Å². The zero-order valence-electron chi connectivity index (χ0n) is 8.54. The van der Waals surface area contributed by atoms with Crippen LogP contribution < -0.4 is 0 Å². The minimum absolute atomic E-state index is 0.0196. The predicted octanol–water partition coefficient (Wildman–Crippen LogP) is 4.84. The van der Waals surface area contributed by atoms with E-state index in [9.17, 15) is 9.18 Å². The molecule has 0 bridgehead atoms. The largest absolute Gasteiger partial charge is 0.294 e. The Morgan fingerprint density at radius 1 is 1.24 bits per heavy atom.